The van der Waals surface area contributed by atoms with Crippen molar-refractivity contribution in [1.29, 1.82) is 0 Å². The fourth-order valence-corrected chi connectivity index (χ4v) is 1.85. The van der Waals surface area contributed by atoms with Gasteiger partial charge in [-0.05, 0) is 25.7 Å². The SMILES string of the molecule is Fc1c[c-]ccc1OC1CCCCC1.[Br-].[Mg+2]. The van der Waals surface area contributed by atoms with Crippen molar-refractivity contribution >= 4 is 23.1 Å². The van der Waals surface area contributed by atoms with Crippen molar-refractivity contribution in [3.8, 4) is 5.75 Å². The number of benzene rings is 1. The molecule has 1 aliphatic rings. The molecule has 0 aliphatic heterocycles. The van der Waals surface area contributed by atoms with E-state index in [1.165, 1.54) is 25.3 Å². The van der Waals surface area contributed by atoms with Gasteiger partial charge in [0.05, 0.1) is 6.10 Å². The maximum atomic E-state index is 13.2. The van der Waals surface area contributed by atoms with E-state index in [0.29, 0.717) is 5.75 Å². The molecule has 0 amide bonds. The summed E-state index contributed by atoms with van der Waals surface area (Å²) in [5.74, 6) is 0.0636. The van der Waals surface area contributed by atoms with Gasteiger partial charge in [0.15, 0.2) is 0 Å². The molecule has 0 N–H and O–H groups in total. The Bertz CT molecular complexity index is 303. The minimum Gasteiger partial charge on any atom is -1.00 e. The Balaban J connectivity index is 0.00000112. The van der Waals surface area contributed by atoms with Gasteiger partial charge in [0.25, 0.3) is 0 Å². The van der Waals surface area contributed by atoms with Crippen molar-refractivity contribution in [2.24, 2.45) is 0 Å². The van der Waals surface area contributed by atoms with Crippen LogP contribution >= 0.6 is 0 Å². The third kappa shape index (κ3) is 4.59. The molecular formula is C12H14BrFMgO. The molecule has 1 aromatic carbocycles. The molecule has 0 bridgehead atoms. The molecule has 2 rings (SSSR count). The molecule has 0 heterocycles. The maximum absolute atomic E-state index is 13.2. The van der Waals surface area contributed by atoms with Crippen molar-refractivity contribution in [3.63, 3.8) is 0 Å². The molecule has 0 unspecified atom stereocenters. The molecule has 1 aromatic rings. The fraction of sp³-hybridized carbons (Fsp3) is 0.500. The molecule has 16 heavy (non-hydrogen) atoms. The second kappa shape index (κ2) is 8.31. The van der Waals surface area contributed by atoms with Crippen LogP contribution in [0.15, 0.2) is 18.2 Å². The summed E-state index contributed by atoms with van der Waals surface area (Å²) in [6.07, 6.45) is 6.00. The summed E-state index contributed by atoms with van der Waals surface area (Å²) in [5, 5.41) is 0. The van der Waals surface area contributed by atoms with Crippen molar-refractivity contribution in [2.45, 2.75) is 38.2 Å². The molecule has 0 atom stereocenters. The van der Waals surface area contributed by atoms with Crippen LogP contribution < -0.4 is 21.7 Å². The first-order valence-electron chi connectivity index (χ1n) is 5.18. The number of halogens is 2. The van der Waals surface area contributed by atoms with Gasteiger partial charge in [-0.1, -0.05) is 6.42 Å². The van der Waals surface area contributed by atoms with E-state index >= 15 is 0 Å². The first kappa shape index (κ1) is 16.2. The average molecular weight is 297 g/mol. The molecule has 0 saturated heterocycles. The zero-order chi connectivity index (χ0) is 9.80. The molecule has 1 fully saturated rings. The number of hydrogen-bond donors (Lipinski definition) is 0. The van der Waals surface area contributed by atoms with Gasteiger partial charge in [-0.25, -0.2) is 0 Å². The smallest absolute Gasteiger partial charge is 1.00 e. The van der Waals surface area contributed by atoms with Crippen molar-refractivity contribution < 1.29 is 26.1 Å². The van der Waals surface area contributed by atoms with Crippen LogP contribution in [0.3, 0.4) is 0 Å². The average Bonchev–Trinajstić information content (AvgIpc) is 2.23. The normalized spacial score (nSPS) is 15.8. The first-order valence-corrected chi connectivity index (χ1v) is 5.18. The van der Waals surface area contributed by atoms with Gasteiger partial charge in [0, 0.05) is 11.6 Å². The predicted molar refractivity (Wildman–Crippen MR) is 58.5 cm³/mol. The summed E-state index contributed by atoms with van der Waals surface area (Å²) in [6.45, 7) is 0. The van der Waals surface area contributed by atoms with Gasteiger partial charge >= 0.3 is 23.1 Å². The maximum Gasteiger partial charge on any atom is 2.00 e. The van der Waals surface area contributed by atoms with Crippen LogP contribution in [0, 0.1) is 11.9 Å². The minimum absolute atomic E-state index is 0. The molecule has 84 valence electrons. The Labute approximate surface area is 123 Å². The van der Waals surface area contributed by atoms with Crippen LogP contribution in [0.4, 0.5) is 4.39 Å². The van der Waals surface area contributed by atoms with E-state index in [1.807, 2.05) is 0 Å². The van der Waals surface area contributed by atoms with Crippen LogP contribution in [-0.2, 0) is 0 Å². The first-order chi connectivity index (χ1) is 6.86. The molecule has 0 aromatic heterocycles. The second-order valence-corrected chi connectivity index (χ2v) is 3.73. The Morgan fingerprint density at radius 1 is 1.25 bits per heavy atom. The van der Waals surface area contributed by atoms with Crippen LogP contribution in [0.2, 0.25) is 0 Å². The topological polar surface area (TPSA) is 9.23 Å². The van der Waals surface area contributed by atoms with Gasteiger partial charge < -0.3 is 21.7 Å². The fourth-order valence-electron chi connectivity index (χ4n) is 1.85. The van der Waals surface area contributed by atoms with Crippen LogP contribution in [0.25, 0.3) is 0 Å². The Kier molecular flexibility index (Phi) is 8.41. The quantitative estimate of drug-likeness (QED) is 0.550. The van der Waals surface area contributed by atoms with Crippen molar-refractivity contribution in [2.75, 3.05) is 0 Å². The van der Waals surface area contributed by atoms with Gasteiger partial charge in [-0.3, -0.25) is 4.39 Å². The summed E-state index contributed by atoms with van der Waals surface area (Å²) >= 11 is 0. The predicted octanol–water partition coefficient (Wildman–Crippen LogP) is -0.0394. The number of ether oxygens (including phenoxy) is 1. The zero-order valence-electron chi connectivity index (χ0n) is 9.22. The monoisotopic (exact) mass is 296 g/mol. The second-order valence-electron chi connectivity index (χ2n) is 3.73. The van der Waals surface area contributed by atoms with E-state index in [9.17, 15) is 4.39 Å². The largest absolute Gasteiger partial charge is 2.00 e. The van der Waals surface area contributed by atoms with Gasteiger partial charge in [-0.15, -0.1) is 12.1 Å². The summed E-state index contributed by atoms with van der Waals surface area (Å²) in [5.41, 5.74) is 0. The molecule has 0 radical (unpaired) electrons. The molecule has 0 spiro atoms. The summed E-state index contributed by atoms with van der Waals surface area (Å²) < 4.78 is 18.8. The van der Waals surface area contributed by atoms with E-state index in [2.05, 4.69) is 6.07 Å². The molecular weight excluding hydrogens is 283 g/mol. The number of rotatable bonds is 2. The Hall–Kier alpha value is 0.196. The summed E-state index contributed by atoms with van der Waals surface area (Å²) in [7, 11) is 0. The Morgan fingerprint density at radius 3 is 2.56 bits per heavy atom. The van der Waals surface area contributed by atoms with E-state index in [1.54, 1.807) is 12.1 Å². The van der Waals surface area contributed by atoms with Crippen LogP contribution in [-0.4, -0.2) is 29.2 Å². The van der Waals surface area contributed by atoms with E-state index in [-0.39, 0.29) is 52.0 Å². The standard InChI is InChI=1S/C12H14FO.BrH.Mg/c13-11-8-4-5-9-12(11)14-10-6-2-1-3-7-10;;/h5,8-10H,1-3,6-7H2;1H;/q-1;;+2/p-1. The van der Waals surface area contributed by atoms with E-state index in [0.717, 1.165) is 12.8 Å². The van der Waals surface area contributed by atoms with E-state index < -0.39 is 0 Å². The third-order valence-electron chi connectivity index (χ3n) is 2.62. The number of hydrogen-bond acceptors (Lipinski definition) is 1. The van der Waals surface area contributed by atoms with Crippen LogP contribution in [0.5, 0.6) is 5.75 Å². The molecule has 1 aliphatic carbocycles. The molecule has 4 heteroatoms. The molecule has 1 nitrogen and oxygen atoms in total. The van der Waals surface area contributed by atoms with Crippen molar-refractivity contribution in [3.05, 3.63) is 30.1 Å². The summed E-state index contributed by atoms with van der Waals surface area (Å²) in [6, 6.07) is 7.33. The van der Waals surface area contributed by atoms with E-state index in [4.69, 9.17) is 4.74 Å². The third-order valence-corrected chi connectivity index (χ3v) is 2.62. The van der Waals surface area contributed by atoms with Gasteiger partial charge in [0.2, 0.25) is 0 Å². The Morgan fingerprint density at radius 2 is 1.94 bits per heavy atom. The van der Waals surface area contributed by atoms with Gasteiger partial charge in [-0.2, -0.15) is 12.1 Å². The minimum atomic E-state index is -0.307. The van der Waals surface area contributed by atoms with Crippen LogP contribution in [0.1, 0.15) is 32.1 Å². The van der Waals surface area contributed by atoms with Crippen molar-refractivity contribution in [1.82, 2.24) is 0 Å². The zero-order valence-corrected chi connectivity index (χ0v) is 12.2. The summed E-state index contributed by atoms with van der Waals surface area (Å²) in [4.78, 5) is 0. The van der Waals surface area contributed by atoms with Gasteiger partial charge in [0.1, 0.15) is 0 Å². The molecule has 1 saturated carbocycles.